The predicted molar refractivity (Wildman–Crippen MR) is 98.9 cm³/mol. The van der Waals surface area contributed by atoms with Crippen LogP contribution in [0.5, 0.6) is 0 Å². The Morgan fingerprint density at radius 3 is 2.64 bits per heavy atom. The van der Waals surface area contributed by atoms with Gasteiger partial charge in [-0.05, 0) is 21.5 Å². The summed E-state index contributed by atoms with van der Waals surface area (Å²) in [6.45, 7) is 0.575. The van der Waals surface area contributed by atoms with Gasteiger partial charge in [-0.1, -0.05) is 30.3 Å². The largest absolute Gasteiger partial charge is 0.619 e. The SMILES string of the molecule is [O-][n+]1ccc(CNc2cc(-c3ccccc3)nc3c(Br)cnn23)cc1. The molecule has 25 heavy (non-hydrogen) atoms. The van der Waals surface area contributed by atoms with E-state index in [0.717, 1.165) is 37.5 Å². The maximum absolute atomic E-state index is 11.1. The van der Waals surface area contributed by atoms with Crippen molar-refractivity contribution in [3.63, 3.8) is 0 Å². The quantitative estimate of drug-likeness (QED) is 0.424. The second kappa shape index (κ2) is 6.52. The average Bonchev–Trinajstić information content (AvgIpc) is 3.03. The molecule has 0 radical (unpaired) electrons. The predicted octanol–water partition coefficient (Wildman–Crippen LogP) is 3.40. The lowest BCUT2D eigenvalue weighted by Gasteiger charge is -2.11. The Balaban J connectivity index is 1.72. The molecule has 3 aromatic heterocycles. The fraction of sp³-hybridized carbons (Fsp3) is 0.0556. The van der Waals surface area contributed by atoms with E-state index in [0.29, 0.717) is 6.54 Å². The van der Waals surface area contributed by atoms with Crippen molar-refractivity contribution in [3.8, 4) is 11.3 Å². The van der Waals surface area contributed by atoms with Gasteiger partial charge in [-0.15, -0.1) is 0 Å². The topological polar surface area (TPSA) is 69.2 Å². The van der Waals surface area contributed by atoms with Gasteiger partial charge in [-0.3, -0.25) is 0 Å². The minimum atomic E-state index is 0.575. The standard InChI is InChI=1S/C18H14BrN5O/c19-15-12-21-24-17(20-11-13-6-8-23(25)9-7-13)10-16(22-18(15)24)14-4-2-1-3-5-14/h1-10,12,20H,11H2. The molecular formula is C18H14BrN5O. The Kier molecular flexibility index (Phi) is 4.07. The van der Waals surface area contributed by atoms with Crippen molar-refractivity contribution in [1.82, 2.24) is 14.6 Å². The van der Waals surface area contributed by atoms with Crippen molar-refractivity contribution < 1.29 is 4.73 Å². The molecule has 0 unspecified atom stereocenters. The third-order valence-electron chi connectivity index (χ3n) is 3.84. The van der Waals surface area contributed by atoms with E-state index in [1.165, 1.54) is 12.4 Å². The molecule has 4 aromatic rings. The van der Waals surface area contributed by atoms with Crippen molar-refractivity contribution in [1.29, 1.82) is 0 Å². The normalized spacial score (nSPS) is 10.9. The van der Waals surface area contributed by atoms with Gasteiger partial charge >= 0.3 is 0 Å². The molecule has 0 aliphatic rings. The third kappa shape index (κ3) is 3.18. The van der Waals surface area contributed by atoms with E-state index in [9.17, 15) is 5.21 Å². The lowest BCUT2D eigenvalue weighted by Crippen LogP contribution is -2.24. The summed E-state index contributed by atoms with van der Waals surface area (Å²) in [6, 6.07) is 15.6. The van der Waals surface area contributed by atoms with Crippen LogP contribution in [0.2, 0.25) is 0 Å². The summed E-state index contributed by atoms with van der Waals surface area (Å²) in [5.41, 5.74) is 3.65. The number of benzene rings is 1. The molecule has 4 rings (SSSR count). The Morgan fingerprint density at radius 1 is 1.12 bits per heavy atom. The summed E-state index contributed by atoms with van der Waals surface area (Å²) in [6.07, 6.45) is 4.70. The summed E-state index contributed by atoms with van der Waals surface area (Å²) >= 11 is 3.50. The van der Waals surface area contributed by atoms with Gasteiger partial charge < -0.3 is 10.5 Å². The van der Waals surface area contributed by atoms with E-state index in [1.807, 2.05) is 36.4 Å². The Bertz CT molecular complexity index is 1020. The molecule has 1 aromatic carbocycles. The summed E-state index contributed by atoms with van der Waals surface area (Å²) in [5.74, 6) is 0.827. The van der Waals surface area contributed by atoms with Crippen LogP contribution >= 0.6 is 15.9 Å². The van der Waals surface area contributed by atoms with Crippen LogP contribution in [0, 0.1) is 5.21 Å². The van der Waals surface area contributed by atoms with E-state index >= 15 is 0 Å². The molecule has 124 valence electrons. The lowest BCUT2D eigenvalue weighted by molar-refractivity contribution is -0.605. The second-order valence-corrected chi connectivity index (χ2v) is 6.39. The van der Waals surface area contributed by atoms with Crippen LogP contribution in [0.1, 0.15) is 5.56 Å². The average molecular weight is 396 g/mol. The molecule has 1 N–H and O–H groups in total. The number of pyridine rings is 1. The molecule has 0 atom stereocenters. The number of fused-ring (bicyclic) bond motifs is 1. The highest BCUT2D eigenvalue weighted by atomic mass is 79.9. The van der Waals surface area contributed by atoms with Crippen LogP contribution in [0.25, 0.3) is 16.9 Å². The Morgan fingerprint density at radius 2 is 1.88 bits per heavy atom. The van der Waals surface area contributed by atoms with Crippen molar-refractivity contribution in [2.75, 3.05) is 5.32 Å². The zero-order valence-corrected chi connectivity index (χ0v) is 14.7. The number of aromatic nitrogens is 4. The summed E-state index contributed by atoms with van der Waals surface area (Å²) < 4.78 is 3.36. The van der Waals surface area contributed by atoms with E-state index in [4.69, 9.17) is 4.98 Å². The fourth-order valence-electron chi connectivity index (χ4n) is 2.57. The molecule has 0 aliphatic heterocycles. The van der Waals surface area contributed by atoms with Gasteiger partial charge in [-0.2, -0.15) is 14.3 Å². The minimum absolute atomic E-state index is 0.575. The molecule has 0 spiro atoms. The van der Waals surface area contributed by atoms with Gasteiger partial charge in [0.2, 0.25) is 0 Å². The second-order valence-electron chi connectivity index (χ2n) is 5.54. The maximum atomic E-state index is 11.1. The molecule has 0 aliphatic carbocycles. The molecule has 7 heteroatoms. The van der Waals surface area contributed by atoms with E-state index in [2.05, 4.69) is 26.3 Å². The van der Waals surface area contributed by atoms with Gasteiger partial charge in [0.1, 0.15) is 5.82 Å². The highest BCUT2D eigenvalue weighted by Crippen LogP contribution is 2.26. The number of hydrogen-bond acceptors (Lipinski definition) is 4. The van der Waals surface area contributed by atoms with Crippen LogP contribution in [0.15, 0.2) is 71.6 Å². The zero-order chi connectivity index (χ0) is 17.2. The molecule has 0 bridgehead atoms. The summed E-state index contributed by atoms with van der Waals surface area (Å²) in [5, 5.41) is 18.9. The molecule has 0 amide bonds. The van der Waals surface area contributed by atoms with Crippen LogP contribution in [0.4, 0.5) is 5.82 Å². The molecule has 0 saturated heterocycles. The Hall–Kier alpha value is -2.93. The molecular weight excluding hydrogens is 382 g/mol. The maximum Gasteiger partial charge on any atom is 0.180 e. The number of anilines is 1. The van der Waals surface area contributed by atoms with E-state index in [-0.39, 0.29) is 0 Å². The summed E-state index contributed by atoms with van der Waals surface area (Å²) in [4.78, 5) is 4.70. The van der Waals surface area contributed by atoms with Gasteiger partial charge in [0.25, 0.3) is 0 Å². The first-order valence-corrected chi connectivity index (χ1v) is 8.51. The molecule has 3 heterocycles. The first-order chi connectivity index (χ1) is 12.2. The molecule has 6 nitrogen and oxygen atoms in total. The number of rotatable bonds is 4. The first kappa shape index (κ1) is 15.6. The van der Waals surface area contributed by atoms with Crippen molar-refractivity contribution >= 4 is 27.4 Å². The highest BCUT2D eigenvalue weighted by Gasteiger charge is 2.11. The number of halogens is 1. The highest BCUT2D eigenvalue weighted by molar-refractivity contribution is 9.10. The lowest BCUT2D eigenvalue weighted by atomic mass is 10.1. The minimum Gasteiger partial charge on any atom is -0.619 e. The molecule has 0 fully saturated rings. The van der Waals surface area contributed by atoms with Crippen LogP contribution in [-0.2, 0) is 6.54 Å². The van der Waals surface area contributed by atoms with Crippen LogP contribution in [-0.4, -0.2) is 14.6 Å². The van der Waals surface area contributed by atoms with Crippen molar-refractivity contribution in [2.45, 2.75) is 6.54 Å². The van der Waals surface area contributed by atoms with Crippen molar-refractivity contribution in [2.24, 2.45) is 0 Å². The van der Waals surface area contributed by atoms with Gasteiger partial charge in [-0.25, -0.2) is 4.98 Å². The molecule has 0 saturated carbocycles. The third-order valence-corrected chi connectivity index (χ3v) is 4.40. The van der Waals surface area contributed by atoms with Crippen molar-refractivity contribution in [3.05, 3.63) is 82.4 Å². The fourth-order valence-corrected chi connectivity index (χ4v) is 2.92. The number of nitrogens with one attached hydrogen (secondary N) is 1. The monoisotopic (exact) mass is 395 g/mol. The van der Waals surface area contributed by atoms with Crippen LogP contribution < -0.4 is 10.0 Å². The number of nitrogens with zero attached hydrogens (tertiary/aromatic N) is 4. The van der Waals surface area contributed by atoms with E-state index < -0.39 is 0 Å². The Labute approximate surface area is 152 Å². The zero-order valence-electron chi connectivity index (χ0n) is 13.1. The first-order valence-electron chi connectivity index (χ1n) is 7.72. The van der Waals surface area contributed by atoms with E-state index in [1.54, 1.807) is 22.8 Å². The van der Waals surface area contributed by atoms with Gasteiger partial charge in [0.15, 0.2) is 18.0 Å². The van der Waals surface area contributed by atoms with Crippen LogP contribution in [0.3, 0.4) is 0 Å². The smallest absolute Gasteiger partial charge is 0.180 e. The summed E-state index contributed by atoms with van der Waals surface area (Å²) in [7, 11) is 0. The number of hydrogen-bond donors (Lipinski definition) is 1. The van der Waals surface area contributed by atoms with Gasteiger partial charge in [0, 0.05) is 30.3 Å². The van der Waals surface area contributed by atoms with Gasteiger partial charge in [0.05, 0.1) is 16.4 Å².